The van der Waals surface area contributed by atoms with Crippen LogP contribution in [0.4, 0.5) is 0 Å². The second kappa shape index (κ2) is 7.28. The molecular formula is C14H19ClN2O3. The molecule has 6 heteroatoms. The van der Waals surface area contributed by atoms with Gasteiger partial charge in [-0.25, -0.2) is 0 Å². The zero-order valence-electron chi connectivity index (χ0n) is 11.5. The molecule has 2 rings (SSSR count). The SMILES string of the molecule is COC(CN)C(=O)NC(C)c1cc2ccccc2o1.Cl. The third kappa shape index (κ3) is 3.50. The lowest BCUT2D eigenvalue weighted by Crippen LogP contribution is -2.41. The number of amides is 1. The van der Waals surface area contributed by atoms with Gasteiger partial charge in [-0.15, -0.1) is 12.4 Å². The summed E-state index contributed by atoms with van der Waals surface area (Å²) in [5.41, 5.74) is 6.26. The molecule has 0 saturated heterocycles. The summed E-state index contributed by atoms with van der Waals surface area (Å²) in [6, 6.07) is 9.41. The third-order valence-electron chi connectivity index (χ3n) is 3.02. The van der Waals surface area contributed by atoms with Crippen molar-refractivity contribution < 1.29 is 13.9 Å². The van der Waals surface area contributed by atoms with E-state index in [1.54, 1.807) is 0 Å². The highest BCUT2D eigenvalue weighted by molar-refractivity contribution is 5.85. The minimum absolute atomic E-state index is 0. The van der Waals surface area contributed by atoms with Gasteiger partial charge in [-0.2, -0.15) is 0 Å². The summed E-state index contributed by atoms with van der Waals surface area (Å²) in [5.74, 6) is 0.472. The van der Waals surface area contributed by atoms with E-state index in [1.165, 1.54) is 7.11 Å². The van der Waals surface area contributed by atoms with Crippen LogP contribution in [0.1, 0.15) is 18.7 Å². The maximum Gasteiger partial charge on any atom is 0.251 e. The van der Waals surface area contributed by atoms with Crippen molar-refractivity contribution in [2.75, 3.05) is 13.7 Å². The fraction of sp³-hybridized carbons (Fsp3) is 0.357. The number of para-hydroxylation sites is 1. The monoisotopic (exact) mass is 298 g/mol. The molecule has 0 fully saturated rings. The molecule has 0 saturated carbocycles. The molecule has 0 aliphatic rings. The highest BCUT2D eigenvalue weighted by Gasteiger charge is 2.20. The fourth-order valence-electron chi connectivity index (χ4n) is 1.90. The molecule has 20 heavy (non-hydrogen) atoms. The van der Waals surface area contributed by atoms with E-state index in [1.807, 2.05) is 37.3 Å². The van der Waals surface area contributed by atoms with Gasteiger partial charge in [0, 0.05) is 19.0 Å². The van der Waals surface area contributed by atoms with Gasteiger partial charge >= 0.3 is 0 Å². The molecule has 2 aromatic rings. The number of nitrogens with two attached hydrogens (primary N) is 1. The molecule has 5 nitrogen and oxygen atoms in total. The molecule has 2 atom stereocenters. The lowest BCUT2D eigenvalue weighted by molar-refractivity contribution is -0.131. The van der Waals surface area contributed by atoms with Crippen LogP contribution < -0.4 is 11.1 Å². The number of rotatable bonds is 5. The van der Waals surface area contributed by atoms with Crippen LogP contribution in [0.5, 0.6) is 0 Å². The van der Waals surface area contributed by atoms with Gasteiger partial charge in [-0.3, -0.25) is 4.79 Å². The molecule has 0 radical (unpaired) electrons. The normalized spacial score (nSPS) is 13.6. The summed E-state index contributed by atoms with van der Waals surface area (Å²) in [7, 11) is 1.46. The number of fused-ring (bicyclic) bond motifs is 1. The quantitative estimate of drug-likeness (QED) is 0.885. The van der Waals surface area contributed by atoms with Crippen LogP contribution >= 0.6 is 12.4 Å². The minimum atomic E-state index is -0.633. The summed E-state index contributed by atoms with van der Waals surface area (Å²) in [5, 5.41) is 3.84. The number of carbonyl (C=O) groups excluding carboxylic acids is 1. The van der Waals surface area contributed by atoms with Gasteiger partial charge in [0.1, 0.15) is 17.4 Å². The van der Waals surface area contributed by atoms with E-state index < -0.39 is 6.10 Å². The van der Waals surface area contributed by atoms with Crippen molar-refractivity contribution in [3.05, 3.63) is 36.1 Å². The molecule has 1 heterocycles. The number of ether oxygens (including phenoxy) is 1. The molecule has 0 bridgehead atoms. The molecule has 110 valence electrons. The molecule has 3 N–H and O–H groups in total. The third-order valence-corrected chi connectivity index (χ3v) is 3.02. The number of hydrogen-bond donors (Lipinski definition) is 2. The van der Waals surface area contributed by atoms with Gasteiger partial charge < -0.3 is 20.2 Å². The van der Waals surface area contributed by atoms with Crippen LogP contribution in [0, 0.1) is 0 Å². The Hall–Kier alpha value is -1.56. The highest BCUT2D eigenvalue weighted by atomic mass is 35.5. The van der Waals surface area contributed by atoms with Gasteiger partial charge in [-0.05, 0) is 19.1 Å². The predicted octanol–water partition coefficient (Wildman–Crippen LogP) is 2.01. The fourth-order valence-corrected chi connectivity index (χ4v) is 1.90. The first-order valence-electron chi connectivity index (χ1n) is 6.17. The number of halogens is 1. The molecular weight excluding hydrogens is 280 g/mol. The van der Waals surface area contributed by atoms with Gasteiger partial charge in [0.2, 0.25) is 0 Å². The Balaban J connectivity index is 0.00000200. The van der Waals surface area contributed by atoms with Gasteiger partial charge in [0.25, 0.3) is 5.91 Å². The lowest BCUT2D eigenvalue weighted by Gasteiger charge is -2.16. The maximum atomic E-state index is 11.8. The van der Waals surface area contributed by atoms with Crippen molar-refractivity contribution in [1.29, 1.82) is 0 Å². The lowest BCUT2D eigenvalue weighted by atomic mass is 10.2. The first-order chi connectivity index (χ1) is 9.15. The molecule has 1 aromatic carbocycles. The van der Waals surface area contributed by atoms with E-state index in [4.69, 9.17) is 14.9 Å². The number of furan rings is 1. The van der Waals surface area contributed by atoms with Crippen LogP contribution in [-0.2, 0) is 9.53 Å². The van der Waals surface area contributed by atoms with Gasteiger partial charge in [0.05, 0.1) is 6.04 Å². The van der Waals surface area contributed by atoms with Crippen molar-refractivity contribution in [2.24, 2.45) is 5.73 Å². The summed E-state index contributed by atoms with van der Waals surface area (Å²) in [6.07, 6.45) is -0.633. The topological polar surface area (TPSA) is 77.5 Å². The largest absolute Gasteiger partial charge is 0.459 e. The van der Waals surface area contributed by atoms with Crippen molar-refractivity contribution in [1.82, 2.24) is 5.32 Å². The molecule has 0 aliphatic carbocycles. The predicted molar refractivity (Wildman–Crippen MR) is 79.9 cm³/mol. The van der Waals surface area contributed by atoms with Crippen LogP contribution in [-0.4, -0.2) is 25.7 Å². The summed E-state index contributed by atoms with van der Waals surface area (Å²) in [6.45, 7) is 2.01. The minimum Gasteiger partial charge on any atom is -0.459 e. The average Bonchev–Trinajstić information content (AvgIpc) is 2.84. The van der Waals surface area contributed by atoms with E-state index in [0.29, 0.717) is 5.76 Å². The van der Waals surface area contributed by atoms with Gasteiger partial charge in [0.15, 0.2) is 0 Å². The van der Waals surface area contributed by atoms with Crippen LogP contribution in [0.3, 0.4) is 0 Å². The van der Waals surface area contributed by atoms with E-state index in [0.717, 1.165) is 11.0 Å². The van der Waals surface area contributed by atoms with E-state index in [-0.39, 0.29) is 30.9 Å². The molecule has 2 unspecified atom stereocenters. The van der Waals surface area contributed by atoms with E-state index in [9.17, 15) is 4.79 Å². The van der Waals surface area contributed by atoms with Crippen molar-refractivity contribution in [3.63, 3.8) is 0 Å². The molecule has 0 spiro atoms. The summed E-state index contributed by atoms with van der Waals surface area (Å²) in [4.78, 5) is 11.8. The molecule has 0 aliphatic heterocycles. The summed E-state index contributed by atoms with van der Waals surface area (Å²) >= 11 is 0. The smallest absolute Gasteiger partial charge is 0.251 e. The van der Waals surface area contributed by atoms with Crippen LogP contribution in [0.25, 0.3) is 11.0 Å². The second-order valence-corrected chi connectivity index (χ2v) is 4.38. The number of methoxy groups -OCH3 is 1. The first kappa shape index (κ1) is 16.5. The summed E-state index contributed by atoms with van der Waals surface area (Å²) < 4.78 is 10.7. The Bertz CT molecular complexity index is 533. The van der Waals surface area contributed by atoms with Crippen LogP contribution in [0.2, 0.25) is 0 Å². The van der Waals surface area contributed by atoms with Crippen molar-refractivity contribution >= 4 is 29.3 Å². The van der Waals surface area contributed by atoms with Crippen molar-refractivity contribution in [3.8, 4) is 0 Å². The Kier molecular flexibility index (Phi) is 6.01. The number of carbonyl (C=O) groups is 1. The van der Waals surface area contributed by atoms with Crippen molar-refractivity contribution in [2.45, 2.75) is 19.1 Å². The maximum absolute atomic E-state index is 11.8. The zero-order chi connectivity index (χ0) is 13.8. The highest BCUT2D eigenvalue weighted by Crippen LogP contribution is 2.23. The second-order valence-electron chi connectivity index (χ2n) is 4.38. The number of nitrogens with one attached hydrogen (secondary N) is 1. The van der Waals surface area contributed by atoms with Crippen LogP contribution in [0.15, 0.2) is 34.7 Å². The van der Waals surface area contributed by atoms with E-state index >= 15 is 0 Å². The zero-order valence-corrected chi connectivity index (χ0v) is 12.3. The molecule has 1 amide bonds. The molecule has 1 aromatic heterocycles. The Labute approximate surface area is 123 Å². The van der Waals surface area contributed by atoms with E-state index in [2.05, 4.69) is 5.32 Å². The number of benzene rings is 1. The van der Waals surface area contributed by atoms with Gasteiger partial charge in [-0.1, -0.05) is 18.2 Å². The standard InChI is InChI=1S/C14H18N2O3.ClH/c1-9(16-14(17)13(8-15)18-2)12-7-10-5-3-4-6-11(10)19-12;/h3-7,9,13H,8,15H2,1-2H3,(H,16,17);1H. The first-order valence-corrected chi connectivity index (χ1v) is 6.17. The Morgan fingerprint density at radius 3 is 2.75 bits per heavy atom. The Morgan fingerprint density at radius 1 is 1.45 bits per heavy atom. The number of hydrogen-bond acceptors (Lipinski definition) is 4. The average molecular weight is 299 g/mol. The Morgan fingerprint density at radius 2 is 2.15 bits per heavy atom.